The zero-order chi connectivity index (χ0) is 19.1. The van der Waals surface area contributed by atoms with Gasteiger partial charge in [-0.3, -0.25) is 4.79 Å². The number of hydrogen-bond donors (Lipinski definition) is 1. The maximum atomic E-state index is 12.4. The molecule has 0 bridgehead atoms. The van der Waals surface area contributed by atoms with Gasteiger partial charge in [-0.15, -0.1) is 0 Å². The second kappa shape index (κ2) is 8.87. The predicted octanol–water partition coefficient (Wildman–Crippen LogP) is 4.93. The summed E-state index contributed by atoms with van der Waals surface area (Å²) in [4.78, 5) is 24.3. The van der Waals surface area contributed by atoms with Gasteiger partial charge in [0.25, 0.3) is 5.91 Å². The molecule has 0 heterocycles. The molecule has 0 aromatic heterocycles. The van der Waals surface area contributed by atoms with Crippen molar-refractivity contribution in [2.45, 2.75) is 0 Å². The highest BCUT2D eigenvalue weighted by molar-refractivity contribution is 6.30. The largest absolute Gasteiger partial charge is 0.456 e. The van der Waals surface area contributed by atoms with Crippen molar-refractivity contribution in [2.24, 2.45) is 0 Å². The molecular weight excluding hydrogens is 366 g/mol. The molecule has 3 rings (SSSR count). The van der Waals surface area contributed by atoms with Gasteiger partial charge in [-0.05, 0) is 48.5 Å². The van der Waals surface area contributed by atoms with Crippen LogP contribution in [-0.2, 0) is 9.53 Å². The zero-order valence-electron chi connectivity index (χ0n) is 14.2. The number of ether oxygens (including phenoxy) is 2. The van der Waals surface area contributed by atoms with Crippen molar-refractivity contribution in [2.75, 3.05) is 11.9 Å². The second-order valence-corrected chi connectivity index (χ2v) is 5.98. The highest BCUT2D eigenvalue weighted by atomic mass is 35.5. The average molecular weight is 382 g/mol. The third kappa shape index (κ3) is 5.33. The van der Waals surface area contributed by atoms with Crippen molar-refractivity contribution >= 4 is 29.2 Å². The summed E-state index contributed by atoms with van der Waals surface area (Å²) in [5, 5.41) is 3.19. The lowest BCUT2D eigenvalue weighted by atomic mass is 10.2. The number of amides is 1. The maximum absolute atomic E-state index is 12.4. The molecule has 0 aliphatic rings. The van der Waals surface area contributed by atoms with Crippen LogP contribution >= 0.6 is 11.6 Å². The number of esters is 1. The van der Waals surface area contributed by atoms with E-state index in [1.54, 1.807) is 60.7 Å². The zero-order valence-corrected chi connectivity index (χ0v) is 15.0. The van der Waals surface area contributed by atoms with E-state index in [1.807, 2.05) is 18.2 Å². The number of halogens is 1. The van der Waals surface area contributed by atoms with Crippen LogP contribution in [0.3, 0.4) is 0 Å². The number of nitrogens with one attached hydrogen (secondary N) is 1. The van der Waals surface area contributed by atoms with Crippen molar-refractivity contribution in [3.05, 3.63) is 89.4 Å². The van der Waals surface area contributed by atoms with Crippen molar-refractivity contribution < 1.29 is 19.1 Å². The summed E-state index contributed by atoms with van der Waals surface area (Å²) < 4.78 is 10.8. The standard InChI is InChI=1S/C21H16ClNO4/c22-15-10-12-16(13-11-15)23-20(24)14-26-21(25)18-8-4-5-9-19(18)27-17-6-2-1-3-7-17/h1-13H,14H2,(H,23,24). The fourth-order valence-corrected chi connectivity index (χ4v) is 2.40. The molecule has 27 heavy (non-hydrogen) atoms. The number of carbonyl (C=O) groups excluding carboxylic acids is 2. The van der Waals surface area contributed by atoms with Crippen LogP contribution in [0.4, 0.5) is 5.69 Å². The summed E-state index contributed by atoms with van der Waals surface area (Å²) in [5.41, 5.74) is 0.800. The third-order valence-corrected chi connectivity index (χ3v) is 3.79. The monoisotopic (exact) mass is 381 g/mol. The van der Waals surface area contributed by atoms with Gasteiger partial charge in [0.05, 0.1) is 0 Å². The Balaban J connectivity index is 1.61. The van der Waals surface area contributed by atoms with Gasteiger partial charge >= 0.3 is 5.97 Å². The molecule has 0 radical (unpaired) electrons. The van der Waals surface area contributed by atoms with Gasteiger partial charge in [-0.25, -0.2) is 4.79 Å². The van der Waals surface area contributed by atoms with E-state index in [0.29, 0.717) is 22.2 Å². The molecule has 0 spiro atoms. The minimum Gasteiger partial charge on any atom is -0.456 e. The molecular formula is C21H16ClNO4. The van der Waals surface area contributed by atoms with E-state index in [2.05, 4.69) is 5.32 Å². The Hall–Kier alpha value is -3.31. The molecule has 5 nitrogen and oxygen atoms in total. The first-order valence-corrected chi connectivity index (χ1v) is 8.54. The van der Waals surface area contributed by atoms with Crippen LogP contribution in [0.1, 0.15) is 10.4 Å². The quantitative estimate of drug-likeness (QED) is 0.615. The van der Waals surface area contributed by atoms with Crippen LogP contribution in [-0.4, -0.2) is 18.5 Å². The minimum absolute atomic E-state index is 0.237. The first kappa shape index (κ1) is 18.5. The summed E-state index contributed by atoms with van der Waals surface area (Å²) in [5.74, 6) is -0.148. The highest BCUT2D eigenvalue weighted by Gasteiger charge is 2.16. The Kier molecular flexibility index (Phi) is 6.07. The van der Waals surface area contributed by atoms with Gasteiger partial charge < -0.3 is 14.8 Å². The Labute approximate surface area is 161 Å². The lowest BCUT2D eigenvalue weighted by Gasteiger charge is -2.11. The fourth-order valence-electron chi connectivity index (χ4n) is 2.28. The molecule has 136 valence electrons. The van der Waals surface area contributed by atoms with E-state index in [4.69, 9.17) is 21.1 Å². The molecule has 6 heteroatoms. The molecule has 3 aromatic rings. The Bertz CT molecular complexity index is 926. The Morgan fingerprint density at radius 1 is 0.852 bits per heavy atom. The molecule has 0 saturated heterocycles. The number of rotatable bonds is 6. The van der Waals surface area contributed by atoms with E-state index in [-0.39, 0.29) is 5.56 Å². The number of carbonyl (C=O) groups is 2. The maximum Gasteiger partial charge on any atom is 0.342 e. The molecule has 0 aliphatic heterocycles. The van der Waals surface area contributed by atoms with Crippen LogP contribution in [0.5, 0.6) is 11.5 Å². The Morgan fingerprint density at radius 2 is 1.52 bits per heavy atom. The fraction of sp³-hybridized carbons (Fsp3) is 0.0476. The molecule has 1 amide bonds. The average Bonchev–Trinajstić information content (AvgIpc) is 2.69. The normalized spacial score (nSPS) is 10.1. The topological polar surface area (TPSA) is 64.6 Å². The Morgan fingerprint density at radius 3 is 2.26 bits per heavy atom. The van der Waals surface area contributed by atoms with Crippen LogP contribution in [0.15, 0.2) is 78.9 Å². The van der Waals surface area contributed by atoms with E-state index in [0.717, 1.165) is 0 Å². The van der Waals surface area contributed by atoms with Gasteiger partial charge in [0.1, 0.15) is 17.1 Å². The van der Waals surface area contributed by atoms with Gasteiger partial charge in [0.15, 0.2) is 6.61 Å². The third-order valence-electron chi connectivity index (χ3n) is 3.54. The van der Waals surface area contributed by atoms with Gasteiger partial charge in [0.2, 0.25) is 0 Å². The lowest BCUT2D eigenvalue weighted by Crippen LogP contribution is -2.21. The lowest BCUT2D eigenvalue weighted by molar-refractivity contribution is -0.119. The van der Waals surface area contributed by atoms with Crippen molar-refractivity contribution in [3.63, 3.8) is 0 Å². The van der Waals surface area contributed by atoms with E-state index < -0.39 is 18.5 Å². The van der Waals surface area contributed by atoms with Crippen molar-refractivity contribution in [1.29, 1.82) is 0 Å². The summed E-state index contributed by atoms with van der Waals surface area (Å²) in [6.07, 6.45) is 0. The predicted molar refractivity (Wildman–Crippen MR) is 103 cm³/mol. The van der Waals surface area contributed by atoms with Crippen molar-refractivity contribution in [1.82, 2.24) is 0 Å². The van der Waals surface area contributed by atoms with Crippen LogP contribution in [0.2, 0.25) is 5.02 Å². The molecule has 0 fully saturated rings. The molecule has 0 saturated carbocycles. The van der Waals surface area contributed by atoms with Crippen molar-refractivity contribution in [3.8, 4) is 11.5 Å². The number of anilines is 1. The van der Waals surface area contributed by atoms with E-state index >= 15 is 0 Å². The summed E-state index contributed by atoms with van der Waals surface area (Å²) >= 11 is 5.80. The highest BCUT2D eigenvalue weighted by Crippen LogP contribution is 2.25. The minimum atomic E-state index is -0.646. The SMILES string of the molecule is O=C(COC(=O)c1ccccc1Oc1ccccc1)Nc1ccc(Cl)cc1. The molecule has 0 unspecified atom stereocenters. The molecule has 1 N–H and O–H groups in total. The number of benzene rings is 3. The number of hydrogen-bond acceptors (Lipinski definition) is 4. The van der Waals surface area contributed by atoms with E-state index in [9.17, 15) is 9.59 Å². The van der Waals surface area contributed by atoms with Gasteiger partial charge in [-0.2, -0.15) is 0 Å². The van der Waals surface area contributed by atoms with Crippen LogP contribution in [0, 0.1) is 0 Å². The first-order chi connectivity index (χ1) is 13.1. The molecule has 3 aromatic carbocycles. The first-order valence-electron chi connectivity index (χ1n) is 8.16. The summed E-state index contributed by atoms with van der Waals surface area (Å²) in [6, 6.07) is 22.4. The second-order valence-electron chi connectivity index (χ2n) is 5.54. The van der Waals surface area contributed by atoms with E-state index in [1.165, 1.54) is 0 Å². The van der Waals surface area contributed by atoms with Gasteiger partial charge in [0, 0.05) is 10.7 Å². The summed E-state index contributed by atoms with van der Waals surface area (Å²) in [6.45, 7) is -0.416. The molecule has 0 atom stereocenters. The summed E-state index contributed by atoms with van der Waals surface area (Å²) in [7, 11) is 0. The number of para-hydroxylation sites is 2. The smallest absolute Gasteiger partial charge is 0.342 e. The van der Waals surface area contributed by atoms with Crippen LogP contribution in [0.25, 0.3) is 0 Å². The molecule has 0 aliphatic carbocycles. The van der Waals surface area contributed by atoms with Gasteiger partial charge in [-0.1, -0.05) is 41.9 Å². The van der Waals surface area contributed by atoms with Crippen LogP contribution < -0.4 is 10.1 Å².